The van der Waals surface area contributed by atoms with Crippen LogP contribution in [0.25, 0.3) is 0 Å². The number of fused-ring (bicyclic) bond motifs is 2. The molecule has 23 nitrogen and oxygen atoms in total. The zero-order chi connectivity index (χ0) is 44.2. The molecule has 0 saturated carbocycles. The van der Waals surface area contributed by atoms with Crippen LogP contribution in [0.15, 0.2) is 24.3 Å². The van der Waals surface area contributed by atoms with Gasteiger partial charge in [0.05, 0.1) is 24.4 Å². The number of phenols is 1. The van der Waals surface area contributed by atoms with Crippen LogP contribution in [-0.4, -0.2) is 189 Å². The Kier molecular flexibility index (Phi) is 15.3. The molecule has 0 spiro atoms. The largest absolute Gasteiger partial charge is 0.508 e. The molecule has 4 rings (SSSR count). The molecule has 3 heterocycles. The highest BCUT2D eigenvalue weighted by Crippen LogP contribution is 2.27. The van der Waals surface area contributed by atoms with Gasteiger partial charge in [-0.1, -0.05) is 19.1 Å². The van der Waals surface area contributed by atoms with Crippen LogP contribution in [0.5, 0.6) is 5.75 Å². The van der Waals surface area contributed by atoms with Crippen LogP contribution in [0.2, 0.25) is 0 Å². The fourth-order valence-corrected chi connectivity index (χ4v) is 7.27. The number of rotatable bonds is 6. The minimum absolute atomic E-state index is 0.0646. The maximum Gasteiger partial charge on any atom is 0.248 e. The number of carbonyl (C=O) groups is 7. The first-order chi connectivity index (χ1) is 27.5. The van der Waals surface area contributed by atoms with Gasteiger partial charge in [-0.2, -0.15) is 0 Å². The van der Waals surface area contributed by atoms with Crippen LogP contribution in [-0.2, 0) is 33.6 Å². The second kappa shape index (κ2) is 19.4. The van der Waals surface area contributed by atoms with Crippen molar-refractivity contribution >= 4 is 41.4 Å². The number of hydrogen-bond donors (Lipinski definition) is 14. The first-order valence-electron chi connectivity index (χ1n) is 18.9. The standard InChI is InChI=1S/C36H53N7O16/c1-13-11-43-26(27(13)50)34(57)41-32(55)22(49)10-20(37-16(4)46)30(53)38-23(14(2)44)35(58)42-12-19(48)9-21(42)31(54)40-25(33(56)39-24(15(3)45)36(43)59)29(52)28(51)17-5-7-18(47)8-6-17/h5-8,13-15,19-29,32,44-45,47-52,55H,9-12H2,1-4H3,(H,37,46)(H,38,53)(H,39,56)(H,40,54)(H,41,57)/t13-,14+,15+,19+,20?,21-,22+,23-,24-,25-,26-,27-,28-,29-,32+/m0/s1. The minimum atomic E-state index is -2.26. The van der Waals surface area contributed by atoms with E-state index in [1.165, 1.54) is 19.1 Å². The van der Waals surface area contributed by atoms with Crippen LogP contribution >= 0.6 is 0 Å². The number of hydrogen-bond acceptors (Lipinski definition) is 16. The van der Waals surface area contributed by atoms with Crippen molar-refractivity contribution in [2.24, 2.45) is 5.92 Å². The molecule has 23 heteroatoms. The van der Waals surface area contributed by atoms with Gasteiger partial charge in [0.25, 0.3) is 0 Å². The molecule has 0 aromatic heterocycles. The van der Waals surface area contributed by atoms with Gasteiger partial charge >= 0.3 is 0 Å². The van der Waals surface area contributed by atoms with E-state index in [9.17, 15) is 79.5 Å². The zero-order valence-electron chi connectivity index (χ0n) is 32.6. The first kappa shape index (κ1) is 46.7. The highest BCUT2D eigenvalue weighted by atomic mass is 16.3. The molecule has 1 unspecified atom stereocenters. The van der Waals surface area contributed by atoms with E-state index in [-0.39, 0.29) is 17.9 Å². The normalized spacial score (nSPS) is 33.9. The molecule has 3 aliphatic rings. The van der Waals surface area contributed by atoms with Gasteiger partial charge in [-0.25, -0.2) is 0 Å². The number of nitrogens with one attached hydrogen (secondary N) is 5. The Morgan fingerprint density at radius 1 is 0.729 bits per heavy atom. The third-order valence-corrected chi connectivity index (χ3v) is 10.5. The van der Waals surface area contributed by atoms with Gasteiger partial charge in [-0.05, 0) is 31.5 Å². The van der Waals surface area contributed by atoms with Gasteiger partial charge in [0.1, 0.15) is 60.3 Å². The summed E-state index contributed by atoms with van der Waals surface area (Å²) >= 11 is 0. The number of phenolic OH excluding ortho intramolecular Hbond substituents is 1. The van der Waals surface area contributed by atoms with E-state index in [1.54, 1.807) is 0 Å². The number of aliphatic hydroxyl groups is 8. The Hall–Kier alpha value is -5.01. The summed E-state index contributed by atoms with van der Waals surface area (Å²) in [7, 11) is 0. The summed E-state index contributed by atoms with van der Waals surface area (Å²) in [5.74, 6) is -9.20. The second-order valence-corrected chi connectivity index (χ2v) is 15.3. The summed E-state index contributed by atoms with van der Waals surface area (Å²) in [6.07, 6.45) is -16.3. The lowest BCUT2D eigenvalue weighted by molar-refractivity contribution is -0.148. The van der Waals surface area contributed by atoms with Crippen molar-refractivity contribution < 1.29 is 79.5 Å². The summed E-state index contributed by atoms with van der Waals surface area (Å²) in [5, 5.41) is 108. The molecule has 328 valence electrons. The molecule has 3 saturated heterocycles. The number of benzene rings is 1. The van der Waals surface area contributed by atoms with Crippen molar-refractivity contribution in [2.75, 3.05) is 13.1 Å². The monoisotopic (exact) mass is 839 g/mol. The molecule has 0 aliphatic carbocycles. The van der Waals surface area contributed by atoms with Crippen LogP contribution in [0, 0.1) is 5.92 Å². The molecule has 1 aromatic rings. The quantitative estimate of drug-likeness (QED) is 0.127. The summed E-state index contributed by atoms with van der Waals surface area (Å²) in [6.45, 7) is 3.74. The minimum Gasteiger partial charge on any atom is -0.508 e. The molecule has 1 aromatic carbocycles. The SMILES string of the molecule is CC(=O)NC1C[C@@H](O)[C@@H](O)NC(=O)[C@@H]2[C@@H](O)[C@@H](C)CN2C(=O)[C@H]([C@@H](C)O)NC(=O)[C@H]([C@H](O)[C@@H](O)c2ccc(O)cc2)NC(=O)[C@@H]2C[C@@H](O)CN2C(=O)[C@H]([C@@H](C)O)NC1=O. The van der Waals surface area contributed by atoms with E-state index >= 15 is 0 Å². The van der Waals surface area contributed by atoms with Crippen LogP contribution < -0.4 is 26.6 Å². The van der Waals surface area contributed by atoms with Crippen molar-refractivity contribution in [3.8, 4) is 5.75 Å². The Morgan fingerprint density at radius 2 is 1.27 bits per heavy atom. The van der Waals surface area contributed by atoms with Crippen molar-refractivity contribution in [1.29, 1.82) is 0 Å². The predicted octanol–water partition coefficient (Wildman–Crippen LogP) is -7.12. The molecule has 15 atom stereocenters. The van der Waals surface area contributed by atoms with Gasteiger partial charge in [-0.3, -0.25) is 33.6 Å². The van der Waals surface area contributed by atoms with Gasteiger partial charge < -0.3 is 82.3 Å². The van der Waals surface area contributed by atoms with E-state index in [4.69, 9.17) is 0 Å². The fourth-order valence-electron chi connectivity index (χ4n) is 7.27. The number of aromatic hydroxyl groups is 1. The van der Waals surface area contributed by atoms with Crippen LogP contribution in [0.1, 0.15) is 52.2 Å². The van der Waals surface area contributed by atoms with Crippen LogP contribution in [0.3, 0.4) is 0 Å². The lowest BCUT2D eigenvalue weighted by Crippen LogP contribution is -2.64. The van der Waals surface area contributed by atoms with Crippen molar-refractivity contribution in [1.82, 2.24) is 36.4 Å². The first-order valence-corrected chi connectivity index (χ1v) is 18.9. The van der Waals surface area contributed by atoms with E-state index < -0.39 is 152 Å². The summed E-state index contributed by atoms with van der Waals surface area (Å²) in [4.78, 5) is 96.9. The Labute approximate surface area is 337 Å². The number of aliphatic hydroxyl groups excluding tert-OH is 8. The zero-order valence-corrected chi connectivity index (χ0v) is 32.6. The highest BCUT2D eigenvalue weighted by molar-refractivity contribution is 5.98. The molecular weight excluding hydrogens is 786 g/mol. The third kappa shape index (κ3) is 10.8. The van der Waals surface area contributed by atoms with Gasteiger partial charge in [0, 0.05) is 38.8 Å². The lowest BCUT2D eigenvalue weighted by atomic mass is 9.96. The number of amides is 7. The molecule has 7 amide bonds. The van der Waals surface area contributed by atoms with Gasteiger partial charge in [0.2, 0.25) is 41.4 Å². The van der Waals surface area contributed by atoms with E-state index in [0.29, 0.717) is 0 Å². The number of carbonyl (C=O) groups excluding carboxylic acids is 7. The van der Waals surface area contributed by atoms with Crippen molar-refractivity contribution in [3.63, 3.8) is 0 Å². The summed E-state index contributed by atoms with van der Waals surface area (Å²) in [6, 6.07) is -6.59. The average molecular weight is 840 g/mol. The average Bonchev–Trinajstić information content (AvgIpc) is 3.70. The number of nitrogens with zero attached hydrogens (tertiary/aromatic N) is 2. The highest BCUT2D eigenvalue weighted by Gasteiger charge is 2.50. The maximum absolute atomic E-state index is 14.1. The fraction of sp³-hybridized carbons (Fsp3) is 0.639. The van der Waals surface area contributed by atoms with Gasteiger partial charge in [0.15, 0.2) is 6.23 Å². The lowest BCUT2D eigenvalue weighted by Gasteiger charge is -2.34. The molecule has 3 fully saturated rings. The smallest absolute Gasteiger partial charge is 0.248 e. The Morgan fingerprint density at radius 3 is 1.83 bits per heavy atom. The predicted molar refractivity (Wildman–Crippen MR) is 197 cm³/mol. The van der Waals surface area contributed by atoms with E-state index in [1.807, 2.05) is 5.32 Å². The molecule has 59 heavy (non-hydrogen) atoms. The second-order valence-electron chi connectivity index (χ2n) is 15.3. The van der Waals surface area contributed by atoms with E-state index in [2.05, 4.69) is 21.3 Å². The van der Waals surface area contributed by atoms with Gasteiger partial charge in [-0.15, -0.1) is 0 Å². The molecule has 0 bridgehead atoms. The molecule has 0 radical (unpaired) electrons. The molecule has 3 aliphatic heterocycles. The molecular formula is C36H53N7O16. The van der Waals surface area contributed by atoms with Crippen molar-refractivity contribution in [3.05, 3.63) is 29.8 Å². The third-order valence-electron chi connectivity index (χ3n) is 10.5. The Bertz CT molecular complexity index is 1730. The Balaban J connectivity index is 1.83. The van der Waals surface area contributed by atoms with E-state index in [0.717, 1.165) is 42.7 Å². The molecule has 14 N–H and O–H groups in total. The summed E-state index contributed by atoms with van der Waals surface area (Å²) in [5.41, 5.74) is -0.0646. The summed E-state index contributed by atoms with van der Waals surface area (Å²) < 4.78 is 0. The van der Waals surface area contributed by atoms with Crippen LogP contribution in [0.4, 0.5) is 0 Å². The maximum atomic E-state index is 14.1. The topological polar surface area (TPSA) is 368 Å². The van der Waals surface area contributed by atoms with Crippen molar-refractivity contribution in [2.45, 2.75) is 126 Å².